The first-order valence-electron chi connectivity index (χ1n) is 8.65. The van der Waals surface area contributed by atoms with E-state index in [1.165, 1.54) is 0 Å². The molecule has 0 aliphatic carbocycles. The van der Waals surface area contributed by atoms with Gasteiger partial charge in [-0.1, -0.05) is 6.42 Å². The lowest BCUT2D eigenvalue weighted by atomic mass is 10.2. The molecule has 0 atom stereocenters. The van der Waals surface area contributed by atoms with Crippen molar-refractivity contribution < 1.29 is 31.3 Å². The number of nitro groups is 1. The molecule has 0 bridgehead atoms. The summed E-state index contributed by atoms with van der Waals surface area (Å²) in [7, 11) is -5.67. The molecule has 1 saturated heterocycles. The molecule has 1 N–H and O–H groups in total. The maximum atomic E-state index is 12.6. The number of benzene rings is 1. The normalized spacial score (nSPS) is 16.0. The Balaban J connectivity index is 2.05. The number of nitro benzene ring substituents is 1. The number of nitrogens with one attached hydrogen (secondary N) is 1. The molecule has 0 spiro atoms. The number of anilines is 1. The van der Waals surface area contributed by atoms with E-state index in [9.17, 15) is 36.5 Å². The molecule has 1 fully saturated rings. The van der Waals surface area contributed by atoms with Crippen LogP contribution in [0.5, 0.6) is 0 Å². The summed E-state index contributed by atoms with van der Waals surface area (Å²) in [6, 6.07) is 2.01. The molecule has 0 saturated carbocycles. The summed E-state index contributed by atoms with van der Waals surface area (Å²) in [4.78, 5) is 22.6. The van der Waals surface area contributed by atoms with Crippen LogP contribution in [0.25, 0.3) is 0 Å². The molecule has 0 aromatic heterocycles. The number of hydrogen-bond donors (Lipinski definition) is 1. The molecule has 0 unspecified atom stereocenters. The van der Waals surface area contributed by atoms with E-state index in [4.69, 9.17) is 0 Å². The zero-order valence-corrected chi connectivity index (χ0v) is 15.7. The van der Waals surface area contributed by atoms with Crippen LogP contribution in [0.1, 0.15) is 32.1 Å². The predicted molar refractivity (Wildman–Crippen MR) is 94.5 cm³/mol. The number of sulfone groups is 1. The zero-order valence-electron chi connectivity index (χ0n) is 14.9. The Kier molecular flexibility index (Phi) is 6.86. The summed E-state index contributed by atoms with van der Waals surface area (Å²) < 4.78 is 60.8. The summed E-state index contributed by atoms with van der Waals surface area (Å²) >= 11 is 0. The van der Waals surface area contributed by atoms with Crippen molar-refractivity contribution in [3.05, 3.63) is 28.3 Å². The fourth-order valence-electron chi connectivity index (χ4n) is 2.88. The van der Waals surface area contributed by atoms with E-state index in [0.717, 1.165) is 25.3 Å². The Labute approximate surface area is 159 Å². The highest BCUT2D eigenvalue weighted by molar-refractivity contribution is 7.92. The van der Waals surface area contributed by atoms with Gasteiger partial charge in [0.05, 0.1) is 9.82 Å². The van der Waals surface area contributed by atoms with Crippen molar-refractivity contribution in [2.75, 3.05) is 25.0 Å². The van der Waals surface area contributed by atoms with Crippen molar-refractivity contribution in [2.45, 2.75) is 42.5 Å². The number of likely N-dealkylation sites (tertiary alicyclic amines) is 1. The van der Waals surface area contributed by atoms with Crippen LogP contribution >= 0.6 is 0 Å². The number of halogens is 3. The lowest BCUT2D eigenvalue weighted by Gasteiger charge is -2.20. The van der Waals surface area contributed by atoms with Gasteiger partial charge < -0.3 is 10.2 Å². The third-order valence-electron chi connectivity index (χ3n) is 4.37. The molecular weight excluding hydrogens is 403 g/mol. The van der Waals surface area contributed by atoms with Crippen LogP contribution in [0.2, 0.25) is 0 Å². The van der Waals surface area contributed by atoms with Gasteiger partial charge in [0.2, 0.25) is 5.91 Å². The minimum Gasteiger partial charge on any atom is -0.379 e. The highest BCUT2D eigenvalue weighted by Gasteiger charge is 2.47. The molecule has 12 heteroatoms. The molecule has 1 heterocycles. The first-order chi connectivity index (χ1) is 13.0. The summed E-state index contributed by atoms with van der Waals surface area (Å²) in [5.74, 6) is 0.0604. The van der Waals surface area contributed by atoms with Crippen LogP contribution in [0, 0.1) is 10.1 Å². The molecule has 2 rings (SSSR count). The molecule has 156 valence electrons. The topological polar surface area (TPSA) is 110 Å². The Bertz CT molecular complexity index is 842. The van der Waals surface area contributed by atoms with Gasteiger partial charge in [0.15, 0.2) is 0 Å². The Morgan fingerprint density at radius 3 is 2.57 bits per heavy atom. The highest BCUT2D eigenvalue weighted by atomic mass is 32.2. The maximum Gasteiger partial charge on any atom is 0.501 e. The van der Waals surface area contributed by atoms with Crippen molar-refractivity contribution in [1.29, 1.82) is 0 Å². The van der Waals surface area contributed by atoms with Crippen molar-refractivity contribution in [2.24, 2.45) is 0 Å². The van der Waals surface area contributed by atoms with Crippen LogP contribution in [0.4, 0.5) is 24.5 Å². The Morgan fingerprint density at radius 1 is 1.21 bits per heavy atom. The number of amides is 1. The second kappa shape index (κ2) is 8.76. The van der Waals surface area contributed by atoms with Gasteiger partial charge in [-0.25, -0.2) is 8.42 Å². The summed E-state index contributed by atoms with van der Waals surface area (Å²) in [6.45, 7) is 1.35. The van der Waals surface area contributed by atoms with Crippen LogP contribution in [-0.4, -0.2) is 49.3 Å². The van der Waals surface area contributed by atoms with Crippen molar-refractivity contribution in [3.8, 4) is 0 Å². The van der Waals surface area contributed by atoms with Gasteiger partial charge in [-0.3, -0.25) is 14.9 Å². The van der Waals surface area contributed by atoms with Gasteiger partial charge in [-0.2, -0.15) is 13.2 Å². The Morgan fingerprint density at radius 2 is 1.93 bits per heavy atom. The number of alkyl halides is 3. The largest absolute Gasteiger partial charge is 0.501 e. The van der Waals surface area contributed by atoms with Gasteiger partial charge in [0.1, 0.15) is 5.69 Å². The molecule has 1 aromatic carbocycles. The van der Waals surface area contributed by atoms with Crippen LogP contribution in [-0.2, 0) is 14.6 Å². The van der Waals surface area contributed by atoms with Crippen molar-refractivity contribution >= 4 is 27.1 Å². The maximum absolute atomic E-state index is 12.6. The van der Waals surface area contributed by atoms with Crippen LogP contribution < -0.4 is 5.32 Å². The van der Waals surface area contributed by atoms with Crippen molar-refractivity contribution in [3.63, 3.8) is 0 Å². The quantitative estimate of drug-likeness (QED) is 0.410. The van der Waals surface area contributed by atoms with Crippen molar-refractivity contribution in [1.82, 2.24) is 4.90 Å². The molecule has 1 aliphatic heterocycles. The first kappa shape index (κ1) is 21.9. The van der Waals surface area contributed by atoms with Gasteiger partial charge in [-0.05, 0) is 31.4 Å². The standard InChI is InChI=1S/C16H20F3N3O5S/c17-16(18,19)28(26,27)12-6-7-13(14(11-12)22(24)25)20-8-4-10-21-9-3-1-2-5-15(21)23/h6-7,11,20H,1-5,8-10H2. The van der Waals surface area contributed by atoms with Crippen LogP contribution in [0.15, 0.2) is 23.1 Å². The van der Waals surface area contributed by atoms with E-state index in [0.29, 0.717) is 38.1 Å². The zero-order chi connectivity index (χ0) is 20.9. The van der Waals surface area contributed by atoms with E-state index in [-0.39, 0.29) is 18.1 Å². The second-order valence-electron chi connectivity index (χ2n) is 6.36. The fourth-order valence-corrected chi connectivity index (χ4v) is 3.66. The van der Waals surface area contributed by atoms with E-state index >= 15 is 0 Å². The van der Waals surface area contributed by atoms with Crippen LogP contribution in [0.3, 0.4) is 0 Å². The van der Waals surface area contributed by atoms with Gasteiger partial charge in [0, 0.05) is 32.1 Å². The van der Waals surface area contributed by atoms with E-state index < -0.39 is 30.9 Å². The molecule has 28 heavy (non-hydrogen) atoms. The number of carbonyl (C=O) groups is 1. The minimum atomic E-state index is -5.67. The monoisotopic (exact) mass is 423 g/mol. The average Bonchev–Trinajstić information content (AvgIpc) is 2.82. The van der Waals surface area contributed by atoms with E-state index in [2.05, 4.69) is 5.32 Å². The first-order valence-corrected chi connectivity index (χ1v) is 10.1. The molecular formula is C16H20F3N3O5S. The molecule has 1 aromatic rings. The molecule has 1 aliphatic rings. The average molecular weight is 423 g/mol. The molecule has 0 radical (unpaired) electrons. The SMILES string of the molecule is O=C1CCCCCN1CCCNc1ccc(S(=O)(=O)C(F)(F)F)cc1[N+](=O)[O-]. The number of rotatable bonds is 7. The second-order valence-corrected chi connectivity index (χ2v) is 8.30. The Hall–Kier alpha value is -2.37. The fraction of sp³-hybridized carbons (Fsp3) is 0.562. The van der Waals surface area contributed by atoms with Gasteiger partial charge in [-0.15, -0.1) is 0 Å². The molecule has 1 amide bonds. The predicted octanol–water partition coefficient (Wildman–Crippen LogP) is 3.09. The summed E-state index contributed by atoms with van der Waals surface area (Å²) in [5, 5.41) is 13.9. The lowest BCUT2D eigenvalue weighted by Crippen LogP contribution is -2.32. The third-order valence-corrected chi connectivity index (χ3v) is 5.86. The van der Waals surface area contributed by atoms with Gasteiger partial charge >= 0.3 is 5.51 Å². The lowest BCUT2D eigenvalue weighted by molar-refractivity contribution is -0.384. The smallest absolute Gasteiger partial charge is 0.379 e. The number of hydrogen-bond acceptors (Lipinski definition) is 6. The number of nitrogens with zero attached hydrogens (tertiary/aromatic N) is 2. The summed E-state index contributed by atoms with van der Waals surface area (Å²) in [5.41, 5.74) is -6.40. The number of carbonyl (C=O) groups excluding carboxylic acids is 1. The highest BCUT2D eigenvalue weighted by Crippen LogP contribution is 2.34. The third kappa shape index (κ3) is 5.12. The molecule has 8 nitrogen and oxygen atoms in total. The van der Waals surface area contributed by atoms with Gasteiger partial charge in [0.25, 0.3) is 15.5 Å². The van der Waals surface area contributed by atoms with E-state index in [1.807, 2.05) is 0 Å². The minimum absolute atomic E-state index is 0.0604. The van der Waals surface area contributed by atoms with E-state index in [1.54, 1.807) is 4.90 Å². The summed E-state index contributed by atoms with van der Waals surface area (Å²) in [6.07, 6.45) is 3.73.